The fourth-order valence-corrected chi connectivity index (χ4v) is 3.32. The zero-order valence-electron chi connectivity index (χ0n) is 15.4. The molecule has 0 saturated carbocycles. The summed E-state index contributed by atoms with van der Waals surface area (Å²) >= 11 is 11.6. The Balaban J connectivity index is 1.72. The van der Waals surface area contributed by atoms with Gasteiger partial charge >= 0.3 is 0 Å². The second-order valence-electron chi connectivity index (χ2n) is 6.58. The van der Waals surface area contributed by atoms with Crippen molar-refractivity contribution >= 4 is 39.9 Å². The Labute approximate surface area is 180 Å². The molecule has 0 radical (unpaired) electrons. The summed E-state index contributed by atoms with van der Waals surface area (Å²) in [6.07, 6.45) is -0.148. The van der Waals surface area contributed by atoms with E-state index in [2.05, 4.69) is 10.5 Å². The number of carbonyl (C=O) groups is 1. The monoisotopic (exact) mass is 441 g/mol. The summed E-state index contributed by atoms with van der Waals surface area (Å²) in [5.74, 6) is -1.14. The third kappa shape index (κ3) is 4.06. The van der Waals surface area contributed by atoms with Crippen molar-refractivity contribution in [3.05, 3.63) is 98.5 Å². The lowest BCUT2D eigenvalue weighted by Gasteiger charge is -2.12. The topological polar surface area (TPSA) is 64.0 Å². The van der Waals surface area contributed by atoms with Gasteiger partial charge in [-0.2, -0.15) is 0 Å². The molecular weight excluding hydrogens is 428 g/mol. The van der Waals surface area contributed by atoms with Gasteiger partial charge in [-0.15, -0.1) is 9.89 Å². The maximum Gasteiger partial charge on any atom is 0.294 e. The number of amides is 1. The Morgan fingerprint density at radius 3 is 2.40 bits per heavy atom. The standard InChI is InChI=1S/C22H14Cl2FN3O2/c23-15-8-6-14(7-9-15)21-16-3-1-2-4-17(16)22(30)28(27-21)26-20(29)12-13-5-10-18(24)19(25)11-13/h1-11H,12H2,(H,26,29). The SMILES string of the molecule is O=C(Cc1ccc(Cl)c(F)c1)Nn1nc(-c2ccc(Cl)cc2)c2ccccc2c1=O. The largest absolute Gasteiger partial charge is 0.294 e. The highest BCUT2D eigenvalue weighted by Crippen LogP contribution is 2.25. The number of halogens is 3. The van der Waals surface area contributed by atoms with Crippen molar-refractivity contribution in [2.24, 2.45) is 0 Å². The lowest BCUT2D eigenvalue weighted by Crippen LogP contribution is -2.36. The van der Waals surface area contributed by atoms with Crippen molar-refractivity contribution in [3.63, 3.8) is 0 Å². The average molecular weight is 442 g/mol. The summed E-state index contributed by atoms with van der Waals surface area (Å²) in [6.45, 7) is 0. The van der Waals surface area contributed by atoms with Gasteiger partial charge in [-0.05, 0) is 35.9 Å². The zero-order chi connectivity index (χ0) is 21.3. The number of nitrogens with one attached hydrogen (secondary N) is 1. The molecule has 3 aromatic carbocycles. The first-order valence-corrected chi connectivity index (χ1v) is 9.70. The number of fused-ring (bicyclic) bond motifs is 1. The molecule has 30 heavy (non-hydrogen) atoms. The molecule has 1 aromatic heterocycles. The number of benzene rings is 3. The van der Waals surface area contributed by atoms with E-state index in [1.807, 2.05) is 0 Å². The predicted molar refractivity (Wildman–Crippen MR) is 116 cm³/mol. The molecule has 1 N–H and O–H groups in total. The maximum absolute atomic E-state index is 13.6. The van der Waals surface area contributed by atoms with E-state index in [1.165, 1.54) is 12.1 Å². The Morgan fingerprint density at radius 2 is 1.70 bits per heavy atom. The molecular formula is C22H14Cl2FN3O2. The lowest BCUT2D eigenvalue weighted by molar-refractivity contribution is -0.116. The van der Waals surface area contributed by atoms with Crippen molar-refractivity contribution in [3.8, 4) is 11.3 Å². The van der Waals surface area contributed by atoms with Crippen LogP contribution in [0.4, 0.5) is 4.39 Å². The van der Waals surface area contributed by atoms with Crippen LogP contribution < -0.4 is 11.0 Å². The van der Waals surface area contributed by atoms with Crippen molar-refractivity contribution in [2.75, 3.05) is 5.43 Å². The summed E-state index contributed by atoms with van der Waals surface area (Å²) in [7, 11) is 0. The fraction of sp³-hybridized carbons (Fsp3) is 0.0455. The molecule has 4 aromatic rings. The van der Waals surface area contributed by atoms with Crippen LogP contribution in [0.1, 0.15) is 5.56 Å². The number of hydrogen-bond acceptors (Lipinski definition) is 3. The second-order valence-corrected chi connectivity index (χ2v) is 7.42. The summed E-state index contributed by atoms with van der Waals surface area (Å²) < 4.78 is 13.6. The van der Waals surface area contributed by atoms with Crippen molar-refractivity contribution < 1.29 is 9.18 Å². The Hall–Kier alpha value is -3.22. The highest BCUT2D eigenvalue weighted by atomic mass is 35.5. The summed E-state index contributed by atoms with van der Waals surface area (Å²) in [4.78, 5) is 26.2. The zero-order valence-corrected chi connectivity index (χ0v) is 16.9. The van der Waals surface area contributed by atoms with E-state index in [1.54, 1.807) is 54.6 Å². The van der Waals surface area contributed by atoms with Crippen molar-refractivity contribution in [1.29, 1.82) is 0 Å². The summed E-state index contributed by atoms with van der Waals surface area (Å²) in [6, 6.07) is 18.1. The maximum atomic E-state index is 13.6. The van der Waals surface area contributed by atoms with Crippen LogP contribution in [0.2, 0.25) is 10.0 Å². The third-order valence-corrected chi connectivity index (χ3v) is 5.06. The minimum Gasteiger partial charge on any atom is -0.273 e. The third-order valence-electron chi connectivity index (χ3n) is 4.50. The number of carbonyl (C=O) groups excluding carboxylic acids is 1. The lowest BCUT2D eigenvalue weighted by atomic mass is 10.1. The molecule has 1 heterocycles. The molecule has 0 atom stereocenters. The van der Waals surface area contributed by atoms with Gasteiger partial charge in [0.1, 0.15) is 11.5 Å². The van der Waals surface area contributed by atoms with Gasteiger partial charge in [-0.25, -0.2) is 9.82 Å². The molecule has 0 unspecified atom stereocenters. The van der Waals surface area contributed by atoms with Gasteiger partial charge in [-0.1, -0.05) is 59.6 Å². The van der Waals surface area contributed by atoms with Crippen LogP contribution in [0.5, 0.6) is 0 Å². The summed E-state index contributed by atoms with van der Waals surface area (Å²) in [5.41, 5.74) is 3.67. The van der Waals surface area contributed by atoms with Gasteiger partial charge in [0.25, 0.3) is 5.56 Å². The van der Waals surface area contributed by atoms with E-state index in [9.17, 15) is 14.0 Å². The first-order chi connectivity index (χ1) is 14.4. The van der Waals surface area contributed by atoms with Gasteiger partial charge in [0.2, 0.25) is 5.91 Å². The van der Waals surface area contributed by atoms with Gasteiger partial charge < -0.3 is 0 Å². The van der Waals surface area contributed by atoms with Crippen LogP contribution in [-0.4, -0.2) is 15.8 Å². The second kappa shape index (κ2) is 8.26. The first-order valence-electron chi connectivity index (χ1n) is 8.94. The normalized spacial score (nSPS) is 10.9. The quantitative estimate of drug-likeness (QED) is 0.493. The summed E-state index contributed by atoms with van der Waals surface area (Å²) in [5, 5.41) is 5.94. The molecule has 0 aliphatic heterocycles. The van der Waals surface area contributed by atoms with Crippen LogP contribution in [0.15, 0.2) is 71.5 Å². The number of rotatable bonds is 4. The minimum absolute atomic E-state index is 0.0285. The van der Waals surface area contributed by atoms with Gasteiger partial charge in [0, 0.05) is 16.0 Å². The van der Waals surface area contributed by atoms with Crippen molar-refractivity contribution in [2.45, 2.75) is 6.42 Å². The smallest absolute Gasteiger partial charge is 0.273 e. The van der Waals surface area contributed by atoms with E-state index in [0.717, 1.165) is 10.4 Å². The van der Waals surface area contributed by atoms with Crippen LogP contribution in [-0.2, 0) is 11.2 Å². The highest BCUT2D eigenvalue weighted by molar-refractivity contribution is 6.31. The number of nitrogens with zero attached hydrogens (tertiary/aromatic N) is 2. The molecule has 4 rings (SSSR count). The Bertz CT molecular complexity index is 1320. The minimum atomic E-state index is -0.618. The molecule has 150 valence electrons. The Morgan fingerprint density at radius 1 is 1.00 bits per heavy atom. The molecule has 0 bridgehead atoms. The number of aromatic nitrogens is 2. The highest BCUT2D eigenvalue weighted by Gasteiger charge is 2.14. The molecule has 0 saturated heterocycles. The molecule has 0 aliphatic carbocycles. The fourth-order valence-electron chi connectivity index (χ4n) is 3.08. The molecule has 8 heteroatoms. The van der Waals surface area contributed by atoms with E-state index >= 15 is 0 Å². The van der Waals surface area contributed by atoms with E-state index in [4.69, 9.17) is 23.2 Å². The van der Waals surface area contributed by atoms with Crippen LogP contribution in [0, 0.1) is 5.82 Å². The van der Waals surface area contributed by atoms with Gasteiger partial charge in [0.05, 0.1) is 16.8 Å². The average Bonchev–Trinajstić information content (AvgIpc) is 2.73. The van der Waals surface area contributed by atoms with Crippen LogP contribution >= 0.6 is 23.2 Å². The van der Waals surface area contributed by atoms with Gasteiger partial charge in [0.15, 0.2) is 0 Å². The van der Waals surface area contributed by atoms with E-state index in [0.29, 0.717) is 27.1 Å². The predicted octanol–water partition coefficient (Wildman–Crippen LogP) is 4.82. The molecule has 0 fully saturated rings. The molecule has 5 nitrogen and oxygen atoms in total. The van der Waals surface area contributed by atoms with Gasteiger partial charge in [-0.3, -0.25) is 9.59 Å². The van der Waals surface area contributed by atoms with Crippen LogP contribution in [0.3, 0.4) is 0 Å². The van der Waals surface area contributed by atoms with Crippen LogP contribution in [0.25, 0.3) is 22.0 Å². The van der Waals surface area contributed by atoms with E-state index < -0.39 is 17.3 Å². The molecule has 0 spiro atoms. The molecule has 0 aliphatic rings. The van der Waals surface area contributed by atoms with E-state index in [-0.39, 0.29) is 11.4 Å². The van der Waals surface area contributed by atoms with Crippen molar-refractivity contribution in [1.82, 2.24) is 9.89 Å². The molecule has 1 amide bonds. The number of hydrogen-bond donors (Lipinski definition) is 1. The Kier molecular flexibility index (Phi) is 5.53. The first kappa shape index (κ1) is 20.1.